The van der Waals surface area contributed by atoms with Crippen LogP contribution in [0.5, 0.6) is 0 Å². The molecule has 0 bridgehead atoms. The van der Waals surface area contributed by atoms with Gasteiger partial charge < -0.3 is 5.32 Å². The van der Waals surface area contributed by atoms with E-state index >= 15 is 0 Å². The Balaban J connectivity index is 1.44. The number of aromatic nitrogens is 1. The van der Waals surface area contributed by atoms with Gasteiger partial charge in [-0.2, -0.15) is 0 Å². The maximum absolute atomic E-state index is 12.1. The van der Waals surface area contributed by atoms with E-state index in [1.54, 1.807) is 42.5 Å². The third kappa shape index (κ3) is 4.88. The molecule has 3 aromatic rings. The molecule has 0 saturated heterocycles. The van der Waals surface area contributed by atoms with Crippen LogP contribution < -0.4 is 16.2 Å². The number of amides is 3. The number of hydrogen-bond donors (Lipinski definition) is 3. The van der Waals surface area contributed by atoms with E-state index in [-0.39, 0.29) is 24.6 Å². The molecule has 0 fully saturated rings. The SMILES string of the molecule is O=C(CCNC(=O)c1ccccc1)NNC(=O)c1ccc2ccccc2n1. The molecule has 0 unspecified atom stereocenters. The minimum Gasteiger partial charge on any atom is -0.352 e. The molecule has 0 radical (unpaired) electrons. The van der Waals surface area contributed by atoms with Gasteiger partial charge in [0.25, 0.3) is 11.8 Å². The number of para-hydroxylation sites is 1. The van der Waals surface area contributed by atoms with Gasteiger partial charge in [0.1, 0.15) is 5.69 Å². The average molecular weight is 362 g/mol. The van der Waals surface area contributed by atoms with Gasteiger partial charge in [0, 0.05) is 23.9 Å². The summed E-state index contributed by atoms with van der Waals surface area (Å²) in [6, 6.07) is 19.5. The number of hydrogen-bond acceptors (Lipinski definition) is 4. The molecular weight excluding hydrogens is 344 g/mol. The van der Waals surface area contributed by atoms with Crippen LogP contribution in [-0.2, 0) is 4.79 Å². The fourth-order valence-corrected chi connectivity index (χ4v) is 2.43. The number of carbonyl (C=O) groups excluding carboxylic acids is 3. The number of benzene rings is 2. The smallest absolute Gasteiger partial charge is 0.288 e. The van der Waals surface area contributed by atoms with Crippen molar-refractivity contribution in [2.45, 2.75) is 6.42 Å². The van der Waals surface area contributed by atoms with Gasteiger partial charge in [-0.05, 0) is 24.3 Å². The molecule has 0 atom stereocenters. The maximum Gasteiger partial charge on any atom is 0.288 e. The van der Waals surface area contributed by atoms with Crippen molar-refractivity contribution in [1.82, 2.24) is 21.2 Å². The lowest BCUT2D eigenvalue weighted by Gasteiger charge is -2.08. The van der Waals surface area contributed by atoms with Gasteiger partial charge in [0.2, 0.25) is 5.91 Å². The zero-order chi connectivity index (χ0) is 19.1. The van der Waals surface area contributed by atoms with Crippen LogP contribution in [0.3, 0.4) is 0 Å². The van der Waals surface area contributed by atoms with Crippen LogP contribution in [0.25, 0.3) is 10.9 Å². The minimum absolute atomic E-state index is 0.0317. The lowest BCUT2D eigenvalue weighted by Crippen LogP contribution is -2.43. The number of nitrogens with zero attached hydrogens (tertiary/aromatic N) is 1. The van der Waals surface area contributed by atoms with Gasteiger partial charge >= 0.3 is 0 Å². The Morgan fingerprint density at radius 2 is 1.52 bits per heavy atom. The molecule has 136 valence electrons. The van der Waals surface area contributed by atoms with Crippen molar-refractivity contribution in [2.75, 3.05) is 6.54 Å². The van der Waals surface area contributed by atoms with Crippen LogP contribution >= 0.6 is 0 Å². The first-order valence-corrected chi connectivity index (χ1v) is 8.42. The highest BCUT2D eigenvalue weighted by Gasteiger charge is 2.10. The Bertz CT molecular complexity index is 973. The molecule has 3 rings (SSSR count). The van der Waals surface area contributed by atoms with Gasteiger partial charge in [-0.15, -0.1) is 0 Å². The van der Waals surface area contributed by atoms with Crippen LogP contribution in [0.4, 0.5) is 0 Å². The van der Waals surface area contributed by atoms with E-state index in [1.807, 2.05) is 24.3 Å². The summed E-state index contributed by atoms with van der Waals surface area (Å²) in [7, 11) is 0. The first-order chi connectivity index (χ1) is 13.1. The van der Waals surface area contributed by atoms with Crippen molar-refractivity contribution in [3.05, 3.63) is 78.0 Å². The molecule has 1 heterocycles. The van der Waals surface area contributed by atoms with Gasteiger partial charge in [0.15, 0.2) is 0 Å². The molecule has 0 aliphatic heterocycles. The summed E-state index contributed by atoms with van der Waals surface area (Å²) in [5.41, 5.74) is 6.05. The third-order valence-electron chi connectivity index (χ3n) is 3.82. The summed E-state index contributed by atoms with van der Waals surface area (Å²) >= 11 is 0. The van der Waals surface area contributed by atoms with Crippen molar-refractivity contribution in [1.29, 1.82) is 0 Å². The second kappa shape index (κ2) is 8.57. The van der Waals surface area contributed by atoms with Crippen molar-refractivity contribution in [2.24, 2.45) is 0 Å². The van der Waals surface area contributed by atoms with Gasteiger partial charge in [-0.3, -0.25) is 25.2 Å². The number of pyridine rings is 1. The minimum atomic E-state index is -0.512. The maximum atomic E-state index is 12.1. The Morgan fingerprint density at radius 1 is 0.778 bits per heavy atom. The summed E-state index contributed by atoms with van der Waals surface area (Å²) in [6.45, 7) is 0.156. The predicted molar refractivity (Wildman–Crippen MR) is 101 cm³/mol. The molecule has 0 spiro atoms. The molecule has 0 aliphatic rings. The summed E-state index contributed by atoms with van der Waals surface area (Å²) in [5.74, 6) is -1.19. The van der Waals surface area contributed by atoms with E-state index in [0.29, 0.717) is 11.1 Å². The molecule has 3 amide bonds. The van der Waals surface area contributed by atoms with Crippen molar-refractivity contribution >= 4 is 28.6 Å². The van der Waals surface area contributed by atoms with Crippen molar-refractivity contribution in [3.8, 4) is 0 Å². The summed E-state index contributed by atoms with van der Waals surface area (Å²) in [4.78, 5) is 40.0. The van der Waals surface area contributed by atoms with Crippen LogP contribution in [0.15, 0.2) is 66.7 Å². The highest BCUT2D eigenvalue weighted by Crippen LogP contribution is 2.11. The summed E-state index contributed by atoms with van der Waals surface area (Å²) < 4.78 is 0. The first kappa shape index (κ1) is 18.1. The van der Waals surface area contributed by atoms with Crippen LogP contribution in [0.2, 0.25) is 0 Å². The molecule has 27 heavy (non-hydrogen) atoms. The topological polar surface area (TPSA) is 100 Å². The highest BCUT2D eigenvalue weighted by atomic mass is 16.2. The molecule has 3 N–H and O–H groups in total. The monoisotopic (exact) mass is 362 g/mol. The molecule has 0 aliphatic carbocycles. The van der Waals surface area contributed by atoms with E-state index < -0.39 is 11.8 Å². The Labute approximate surface area is 155 Å². The second-order valence-electron chi connectivity index (χ2n) is 5.76. The van der Waals surface area contributed by atoms with E-state index in [0.717, 1.165) is 5.39 Å². The number of hydrazine groups is 1. The molecule has 7 nitrogen and oxygen atoms in total. The molecule has 2 aromatic carbocycles. The molecule has 0 saturated carbocycles. The van der Waals surface area contributed by atoms with E-state index in [1.165, 1.54) is 0 Å². The lowest BCUT2D eigenvalue weighted by molar-refractivity contribution is -0.121. The van der Waals surface area contributed by atoms with Gasteiger partial charge in [-0.25, -0.2) is 4.98 Å². The standard InChI is InChI=1S/C20H18N4O3/c25-18(12-13-21-19(26)15-7-2-1-3-8-15)23-24-20(27)17-11-10-14-6-4-5-9-16(14)22-17/h1-11H,12-13H2,(H,21,26)(H,23,25)(H,24,27). The van der Waals surface area contributed by atoms with Crippen LogP contribution in [0, 0.1) is 0 Å². The largest absolute Gasteiger partial charge is 0.352 e. The van der Waals surface area contributed by atoms with E-state index in [2.05, 4.69) is 21.2 Å². The van der Waals surface area contributed by atoms with Crippen LogP contribution in [-0.4, -0.2) is 29.3 Å². The van der Waals surface area contributed by atoms with Crippen molar-refractivity contribution < 1.29 is 14.4 Å². The number of fused-ring (bicyclic) bond motifs is 1. The third-order valence-corrected chi connectivity index (χ3v) is 3.82. The average Bonchev–Trinajstić information content (AvgIpc) is 2.72. The first-order valence-electron chi connectivity index (χ1n) is 8.42. The van der Waals surface area contributed by atoms with E-state index in [9.17, 15) is 14.4 Å². The van der Waals surface area contributed by atoms with Gasteiger partial charge in [0.05, 0.1) is 5.52 Å². The lowest BCUT2D eigenvalue weighted by atomic mass is 10.2. The summed E-state index contributed by atoms with van der Waals surface area (Å²) in [6.07, 6.45) is 0.0317. The van der Waals surface area contributed by atoms with Gasteiger partial charge in [-0.1, -0.05) is 42.5 Å². The molecular formula is C20H18N4O3. The van der Waals surface area contributed by atoms with Crippen molar-refractivity contribution in [3.63, 3.8) is 0 Å². The Kier molecular flexibility index (Phi) is 5.73. The summed E-state index contributed by atoms with van der Waals surface area (Å²) in [5, 5.41) is 3.57. The quantitative estimate of drug-likeness (QED) is 0.603. The predicted octanol–water partition coefficient (Wildman–Crippen LogP) is 1.82. The highest BCUT2D eigenvalue weighted by molar-refractivity contribution is 5.96. The Morgan fingerprint density at radius 3 is 2.33 bits per heavy atom. The Hall–Kier alpha value is -3.74. The zero-order valence-electron chi connectivity index (χ0n) is 14.4. The zero-order valence-corrected chi connectivity index (χ0v) is 14.4. The number of rotatable bonds is 5. The van der Waals surface area contributed by atoms with E-state index in [4.69, 9.17) is 0 Å². The fourth-order valence-electron chi connectivity index (χ4n) is 2.43. The molecule has 7 heteroatoms. The molecule has 1 aromatic heterocycles. The number of carbonyl (C=O) groups is 3. The van der Waals surface area contributed by atoms with Crippen LogP contribution in [0.1, 0.15) is 27.3 Å². The normalized spacial score (nSPS) is 10.2. The second-order valence-corrected chi connectivity index (χ2v) is 5.76. The fraction of sp³-hybridized carbons (Fsp3) is 0.100. The number of nitrogens with one attached hydrogen (secondary N) is 3.